The lowest BCUT2D eigenvalue weighted by atomic mass is 10.2. The number of carbonyl (C=O) groups excluding carboxylic acids is 1. The number of hydrogen-bond donors (Lipinski definition) is 0. The van der Waals surface area contributed by atoms with Crippen molar-refractivity contribution >= 4 is 39.0 Å². The van der Waals surface area contributed by atoms with Crippen molar-refractivity contribution in [2.45, 2.75) is 6.92 Å². The van der Waals surface area contributed by atoms with Crippen LogP contribution in [0.2, 0.25) is 5.02 Å². The lowest BCUT2D eigenvalue weighted by Gasteiger charge is -2.07. The molecule has 0 saturated heterocycles. The summed E-state index contributed by atoms with van der Waals surface area (Å²) in [7, 11) is 0. The van der Waals surface area contributed by atoms with E-state index in [1.54, 1.807) is 0 Å². The molecule has 0 unspecified atom stereocenters. The first-order chi connectivity index (χ1) is 11.1. The third-order valence-electron chi connectivity index (χ3n) is 3.33. The molecule has 0 radical (unpaired) electrons. The van der Waals surface area contributed by atoms with Gasteiger partial charge in [-0.25, -0.2) is 4.79 Å². The number of aryl methyl sites for hydroxylation is 1. The lowest BCUT2D eigenvalue weighted by molar-refractivity contribution is 0.0456. The molecule has 0 atom stereocenters. The molecule has 0 fully saturated rings. The normalized spacial score (nSPS) is 10.7. The Bertz CT molecular complexity index is 824. The average Bonchev–Trinajstić information content (AvgIpc) is 2.90. The zero-order chi connectivity index (χ0) is 16.2. The van der Waals surface area contributed by atoms with Crippen LogP contribution < -0.4 is 4.74 Å². The summed E-state index contributed by atoms with van der Waals surface area (Å²) in [6.45, 7) is 2.49. The Labute approximate surface area is 143 Å². The first kappa shape index (κ1) is 15.8. The van der Waals surface area contributed by atoms with Gasteiger partial charge in [-0.3, -0.25) is 0 Å². The minimum Gasteiger partial charge on any atom is -0.490 e. The topological polar surface area (TPSA) is 35.5 Å². The largest absolute Gasteiger partial charge is 0.490 e. The highest BCUT2D eigenvalue weighted by atomic mass is 35.5. The van der Waals surface area contributed by atoms with Crippen molar-refractivity contribution in [3.8, 4) is 5.75 Å². The first-order valence-electron chi connectivity index (χ1n) is 7.19. The number of fused-ring (bicyclic) bond motifs is 1. The monoisotopic (exact) mass is 346 g/mol. The van der Waals surface area contributed by atoms with Gasteiger partial charge in [0, 0.05) is 10.1 Å². The maximum absolute atomic E-state index is 12.1. The lowest BCUT2D eigenvalue weighted by Crippen LogP contribution is -2.11. The van der Waals surface area contributed by atoms with E-state index in [0.717, 1.165) is 15.8 Å². The summed E-state index contributed by atoms with van der Waals surface area (Å²) in [5.74, 6) is 0.343. The molecular formula is C18H15ClO3S. The molecule has 0 bridgehead atoms. The van der Waals surface area contributed by atoms with Crippen molar-refractivity contribution in [2.24, 2.45) is 0 Å². The summed E-state index contributed by atoms with van der Waals surface area (Å²) in [4.78, 5) is 12.6. The first-order valence-corrected chi connectivity index (χ1v) is 8.38. The summed E-state index contributed by atoms with van der Waals surface area (Å²) in [6, 6.07) is 15.4. The highest BCUT2D eigenvalue weighted by Crippen LogP contribution is 2.35. The fraction of sp³-hybridized carbons (Fsp3) is 0.167. The molecule has 0 N–H and O–H groups in total. The minimum atomic E-state index is -0.413. The van der Waals surface area contributed by atoms with E-state index in [0.29, 0.717) is 16.5 Å². The zero-order valence-electron chi connectivity index (χ0n) is 12.5. The highest BCUT2D eigenvalue weighted by molar-refractivity contribution is 7.21. The second-order valence-electron chi connectivity index (χ2n) is 5.04. The van der Waals surface area contributed by atoms with Crippen LogP contribution >= 0.6 is 22.9 Å². The van der Waals surface area contributed by atoms with Crippen LogP contribution in [0.3, 0.4) is 0 Å². The molecule has 5 heteroatoms. The van der Waals surface area contributed by atoms with E-state index >= 15 is 0 Å². The summed E-state index contributed by atoms with van der Waals surface area (Å²) in [5, 5.41) is 1.33. The van der Waals surface area contributed by atoms with Crippen molar-refractivity contribution in [3.63, 3.8) is 0 Å². The fourth-order valence-corrected chi connectivity index (χ4v) is 3.54. The molecule has 0 saturated carbocycles. The Morgan fingerprint density at radius 2 is 1.83 bits per heavy atom. The molecule has 0 amide bonds. The molecule has 2 aromatic carbocycles. The molecule has 0 aliphatic carbocycles. The molecule has 3 rings (SSSR count). The number of carbonyl (C=O) groups is 1. The highest BCUT2D eigenvalue weighted by Gasteiger charge is 2.18. The second kappa shape index (κ2) is 7.02. The van der Waals surface area contributed by atoms with Crippen LogP contribution in [0.25, 0.3) is 10.1 Å². The van der Waals surface area contributed by atoms with Gasteiger partial charge in [0.1, 0.15) is 23.8 Å². The Hall–Kier alpha value is -2.04. The van der Waals surface area contributed by atoms with Crippen molar-refractivity contribution in [1.82, 2.24) is 0 Å². The van der Waals surface area contributed by atoms with E-state index < -0.39 is 5.97 Å². The third kappa shape index (κ3) is 3.66. The third-order valence-corrected chi connectivity index (χ3v) is 4.98. The van der Waals surface area contributed by atoms with Crippen LogP contribution in [-0.4, -0.2) is 19.2 Å². The van der Waals surface area contributed by atoms with Gasteiger partial charge in [-0.05, 0) is 25.1 Å². The molecule has 23 heavy (non-hydrogen) atoms. The van der Waals surface area contributed by atoms with Crippen LogP contribution in [0.5, 0.6) is 5.75 Å². The van der Waals surface area contributed by atoms with Gasteiger partial charge in [-0.15, -0.1) is 11.3 Å². The van der Waals surface area contributed by atoms with Gasteiger partial charge < -0.3 is 9.47 Å². The van der Waals surface area contributed by atoms with Crippen molar-refractivity contribution < 1.29 is 14.3 Å². The van der Waals surface area contributed by atoms with Gasteiger partial charge in [0.05, 0.1) is 5.02 Å². The number of esters is 1. The maximum Gasteiger partial charge on any atom is 0.350 e. The molecule has 0 aliphatic heterocycles. The van der Waals surface area contributed by atoms with Crippen LogP contribution in [-0.2, 0) is 4.74 Å². The van der Waals surface area contributed by atoms with E-state index in [2.05, 4.69) is 0 Å². The zero-order valence-corrected chi connectivity index (χ0v) is 14.1. The number of ether oxygens (including phenoxy) is 2. The number of hydrogen-bond acceptors (Lipinski definition) is 4. The van der Waals surface area contributed by atoms with Gasteiger partial charge in [0.15, 0.2) is 0 Å². The smallest absolute Gasteiger partial charge is 0.350 e. The SMILES string of the molecule is Cc1ccc(OCCOC(=O)c2sc3ccccc3c2Cl)cc1. The van der Waals surface area contributed by atoms with Crippen LogP contribution in [0.1, 0.15) is 15.2 Å². The summed E-state index contributed by atoms with van der Waals surface area (Å²) >= 11 is 7.59. The molecule has 118 valence electrons. The number of rotatable bonds is 5. The van der Waals surface area contributed by atoms with Gasteiger partial charge in [0.25, 0.3) is 0 Å². The Morgan fingerprint density at radius 1 is 1.09 bits per heavy atom. The summed E-state index contributed by atoms with van der Waals surface area (Å²) in [6.07, 6.45) is 0. The van der Waals surface area contributed by atoms with Gasteiger partial charge in [-0.2, -0.15) is 0 Å². The van der Waals surface area contributed by atoms with Crippen molar-refractivity contribution in [2.75, 3.05) is 13.2 Å². The van der Waals surface area contributed by atoms with E-state index in [4.69, 9.17) is 21.1 Å². The molecule has 3 nitrogen and oxygen atoms in total. The fourth-order valence-electron chi connectivity index (χ4n) is 2.14. The number of halogens is 1. The average molecular weight is 347 g/mol. The van der Waals surface area contributed by atoms with E-state index in [9.17, 15) is 4.79 Å². The second-order valence-corrected chi connectivity index (χ2v) is 6.47. The Morgan fingerprint density at radius 3 is 2.57 bits per heavy atom. The van der Waals surface area contributed by atoms with Gasteiger partial charge in [-0.1, -0.05) is 47.5 Å². The van der Waals surface area contributed by atoms with Crippen LogP contribution in [0, 0.1) is 6.92 Å². The Kier molecular flexibility index (Phi) is 4.84. The van der Waals surface area contributed by atoms with E-state index in [1.165, 1.54) is 16.9 Å². The summed E-state index contributed by atoms with van der Waals surface area (Å²) in [5.41, 5.74) is 1.17. The van der Waals surface area contributed by atoms with Gasteiger partial charge in [0.2, 0.25) is 0 Å². The molecule has 1 aromatic heterocycles. The van der Waals surface area contributed by atoms with Crippen LogP contribution in [0.15, 0.2) is 48.5 Å². The van der Waals surface area contributed by atoms with E-state index in [-0.39, 0.29) is 6.61 Å². The van der Waals surface area contributed by atoms with E-state index in [1.807, 2.05) is 55.5 Å². The molecule has 0 spiro atoms. The molecule has 1 heterocycles. The van der Waals surface area contributed by atoms with Crippen LogP contribution in [0.4, 0.5) is 0 Å². The van der Waals surface area contributed by atoms with Crippen molar-refractivity contribution in [1.29, 1.82) is 0 Å². The van der Waals surface area contributed by atoms with Gasteiger partial charge >= 0.3 is 5.97 Å². The summed E-state index contributed by atoms with van der Waals surface area (Å²) < 4.78 is 11.7. The standard InChI is InChI=1S/C18H15ClO3S/c1-12-6-8-13(9-7-12)21-10-11-22-18(20)17-16(19)14-4-2-3-5-15(14)23-17/h2-9H,10-11H2,1H3. The quantitative estimate of drug-likeness (QED) is 0.476. The predicted octanol–water partition coefficient (Wildman–Crippen LogP) is 5.10. The number of benzene rings is 2. The molecule has 3 aromatic rings. The predicted molar refractivity (Wildman–Crippen MR) is 93.8 cm³/mol. The molecule has 0 aliphatic rings. The maximum atomic E-state index is 12.1. The minimum absolute atomic E-state index is 0.178. The van der Waals surface area contributed by atoms with Crippen molar-refractivity contribution in [3.05, 3.63) is 64.0 Å². The Balaban J connectivity index is 1.56. The number of thiophene rings is 1. The molecular weight excluding hydrogens is 332 g/mol.